The van der Waals surface area contributed by atoms with E-state index in [1.54, 1.807) is 12.1 Å². The van der Waals surface area contributed by atoms with Crippen molar-refractivity contribution in [2.24, 2.45) is 0 Å². The third kappa shape index (κ3) is 2.26. The summed E-state index contributed by atoms with van der Waals surface area (Å²) in [5, 5.41) is 1.43. The number of ketones is 1. The second-order valence-corrected chi connectivity index (χ2v) is 6.66. The lowest BCUT2D eigenvalue weighted by Crippen LogP contribution is -2.01. The molecule has 0 N–H and O–H groups in total. The Hall–Kier alpha value is -2.97. The topological polar surface area (TPSA) is 17.1 Å². The molecule has 0 atom stereocenters. The van der Waals surface area contributed by atoms with Gasteiger partial charge in [0.2, 0.25) is 0 Å². The van der Waals surface area contributed by atoms with Crippen molar-refractivity contribution in [1.82, 2.24) is 0 Å². The van der Waals surface area contributed by atoms with Gasteiger partial charge in [-0.1, -0.05) is 66.6 Å². The van der Waals surface area contributed by atoms with Crippen LogP contribution < -0.4 is 0 Å². The van der Waals surface area contributed by atoms with Gasteiger partial charge in [0, 0.05) is 31.3 Å². The van der Waals surface area contributed by atoms with Crippen molar-refractivity contribution in [2.75, 3.05) is 0 Å². The van der Waals surface area contributed by atoms with Gasteiger partial charge in [0.1, 0.15) is 0 Å². The summed E-state index contributed by atoms with van der Waals surface area (Å²) in [4.78, 5) is 13.6. The molecule has 0 radical (unpaired) electrons. The van der Waals surface area contributed by atoms with Crippen LogP contribution in [0.15, 0.2) is 84.8 Å². The molecule has 25 heavy (non-hydrogen) atoms. The molecule has 0 spiro atoms. The summed E-state index contributed by atoms with van der Waals surface area (Å²) in [6, 6.07) is 9.46. The lowest BCUT2D eigenvalue weighted by atomic mass is 9.98. The molecular weight excluding hydrogens is 324 g/mol. The van der Waals surface area contributed by atoms with Crippen LogP contribution in [0, 0.1) is 0 Å². The van der Waals surface area contributed by atoms with Gasteiger partial charge in [-0.15, -0.1) is 11.3 Å². The second-order valence-electron chi connectivity index (χ2n) is 5.61. The van der Waals surface area contributed by atoms with Gasteiger partial charge in [0.05, 0.1) is 9.60 Å². The third-order valence-electron chi connectivity index (χ3n) is 4.13. The van der Waals surface area contributed by atoms with Gasteiger partial charge in [-0.2, -0.15) is 0 Å². The van der Waals surface area contributed by atoms with Gasteiger partial charge in [0.25, 0.3) is 0 Å². The zero-order valence-corrected chi connectivity index (χ0v) is 13.7. The highest BCUT2D eigenvalue weighted by molar-refractivity contribution is 7.26. The Labute approximate surface area is 159 Å². The number of hydrogen-bond acceptors (Lipinski definition) is 2. The average Bonchev–Trinajstić information content (AvgIpc) is 3.17. The molecule has 0 saturated heterocycles. The van der Waals surface area contributed by atoms with E-state index in [1.807, 2.05) is 30.3 Å². The summed E-state index contributed by atoms with van der Waals surface area (Å²) in [7, 11) is 0. The molecule has 0 bridgehead atoms. The van der Waals surface area contributed by atoms with Gasteiger partial charge in [-0.3, -0.25) is 4.79 Å². The fraction of sp³-hybridized carbons (Fsp3) is 0. The first kappa shape index (κ1) is 8.93. The predicted octanol–water partition coefficient (Wildman–Crippen LogP) is 6.44. The van der Waals surface area contributed by atoms with E-state index in [-0.39, 0.29) is 16.3 Å². The maximum atomic E-state index is 13.6. The van der Waals surface area contributed by atoms with Crippen LogP contribution in [0.3, 0.4) is 0 Å². The van der Waals surface area contributed by atoms with Crippen molar-refractivity contribution in [3.05, 3.63) is 95.9 Å². The number of rotatable bonds is 2. The standard InChI is InChI=1S/C23H14OS/c24-22(17-13-12-15-6-1-2-7-16(15)14-17)20-10-5-9-19-18-8-3-4-11-21(18)25-23(19)20/h1-14H/i1D,2D,6D,7D,12D,13D,14D. The molecule has 0 amide bonds. The SMILES string of the molecule is [2H]c1c([2H])c([2H])c2c([2H])c(C(=O)c3cccc4c3sc3ccccc34)c([2H])c([2H])c2c1[2H]. The highest BCUT2D eigenvalue weighted by Crippen LogP contribution is 2.36. The van der Waals surface area contributed by atoms with Crippen molar-refractivity contribution >= 4 is 48.1 Å². The molecule has 1 heterocycles. The van der Waals surface area contributed by atoms with E-state index in [9.17, 15) is 4.79 Å². The normalized spacial score (nSPS) is 15.3. The smallest absolute Gasteiger partial charge is 0.194 e. The van der Waals surface area contributed by atoms with E-state index < -0.39 is 48.1 Å². The maximum Gasteiger partial charge on any atom is 0.194 e. The van der Waals surface area contributed by atoms with Crippen LogP contribution in [0.25, 0.3) is 30.9 Å². The summed E-state index contributed by atoms with van der Waals surface area (Å²) in [5.74, 6) is -0.611. The Balaban J connectivity index is 1.86. The van der Waals surface area contributed by atoms with Gasteiger partial charge in [-0.25, -0.2) is 0 Å². The lowest BCUT2D eigenvalue weighted by Gasteiger charge is -2.05. The van der Waals surface area contributed by atoms with Crippen molar-refractivity contribution < 1.29 is 14.4 Å². The quantitative estimate of drug-likeness (QED) is 0.337. The van der Waals surface area contributed by atoms with Crippen LogP contribution in [0.5, 0.6) is 0 Å². The number of carbonyl (C=O) groups excluding carboxylic acids is 1. The first-order valence-electron chi connectivity index (χ1n) is 11.2. The number of benzene rings is 4. The Morgan fingerprint density at radius 1 is 0.840 bits per heavy atom. The monoisotopic (exact) mass is 345 g/mol. The maximum absolute atomic E-state index is 13.6. The highest BCUT2D eigenvalue weighted by atomic mass is 32.1. The summed E-state index contributed by atoms with van der Waals surface area (Å²) in [6.07, 6.45) is 0. The summed E-state index contributed by atoms with van der Waals surface area (Å²) < 4.78 is 59.2. The fourth-order valence-electron chi connectivity index (χ4n) is 2.96. The molecule has 1 aromatic heterocycles. The van der Waals surface area contributed by atoms with E-state index in [2.05, 4.69) is 0 Å². The van der Waals surface area contributed by atoms with Crippen LogP contribution in [-0.2, 0) is 0 Å². The van der Waals surface area contributed by atoms with E-state index in [1.165, 1.54) is 11.3 Å². The molecule has 0 aliphatic carbocycles. The molecule has 0 aliphatic heterocycles. The number of carbonyl (C=O) groups is 1. The van der Waals surface area contributed by atoms with E-state index >= 15 is 0 Å². The van der Waals surface area contributed by atoms with Crippen LogP contribution >= 0.6 is 11.3 Å². The molecule has 4 aromatic carbocycles. The van der Waals surface area contributed by atoms with Gasteiger partial charge in [-0.05, 0) is 28.9 Å². The minimum absolute atomic E-state index is 0.219. The molecule has 0 saturated carbocycles. The Bertz CT molecular complexity index is 1620. The van der Waals surface area contributed by atoms with E-state index in [0.29, 0.717) is 10.3 Å². The molecule has 5 rings (SSSR count). The van der Waals surface area contributed by atoms with E-state index in [0.717, 1.165) is 15.5 Å². The number of hydrogen-bond donors (Lipinski definition) is 0. The Morgan fingerprint density at radius 3 is 2.56 bits per heavy atom. The summed E-state index contributed by atoms with van der Waals surface area (Å²) in [6.45, 7) is 0. The average molecular weight is 345 g/mol. The van der Waals surface area contributed by atoms with Crippen molar-refractivity contribution in [1.29, 1.82) is 0 Å². The highest BCUT2D eigenvalue weighted by Gasteiger charge is 2.16. The molecule has 118 valence electrons. The van der Waals surface area contributed by atoms with Crippen LogP contribution in [0.2, 0.25) is 0 Å². The first-order chi connectivity index (χ1) is 15.2. The van der Waals surface area contributed by atoms with Crippen molar-refractivity contribution in [3.63, 3.8) is 0 Å². The fourth-order valence-corrected chi connectivity index (χ4v) is 4.17. The second kappa shape index (κ2) is 5.54. The zero-order valence-electron chi connectivity index (χ0n) is 19.9. The molecule has 2 heteroatoms. The summed E-state index contributed by atoms with van der Waals surface area (Å²) in [5.41, 5.74) is -0.0391. The minimum Gasteiger partial charge on any atom is -0.289 e. The molecule has 5 aromatic rings. The van der Waals surface area contributed by atoms with Crippen LogP contribution in [-0.4, -0.2) is 5.78 Å². The van der Waals surface area contributed by atoms with Gasteiger partial charge in [0.15, 0.2) is 5.78 Å². The van der Waals surface area contributed by atoms with Gasteiger partial charge >= 0.3 is 0 Å². The Morgan fingerprint density at radius 2 is 1.64 bits per heavy atom. The van der Waals surface area contributed by atoms with Crippen LogP contribution in [0.1, 0.15) is 25.5 Å². The third-order valence-corrected chi connectivity index (χ3v) is 5.35. The molecular formula is C23H14OS. The van der Waals surface area contributed by atoms with Crippen molar-refractivity contribution in [2.45, 2.75) is 0 Å². The minimum atomic E-state index is -0.611. The van der Waals surface area contributed by atoms with Crippen molar-refractivity contribution in [3.8, 4) is 0 Å². The molecule has 1 nitrogen and oxygen atoms in total. The van der Waals surface area contributed by atoms with E-state index in [4.69, 9.17) is 9.60 Å². The van der Waals surface area contributed by atoms with Crippen LogP contribution in [0.4, 0.5) is 0 Å². The summed E-state index contributed by atoms with van der Waals surface area (Å²) >= 11 is 1.43. The first-order valence-corrected chi connectivity index (χ1v) is 8.50. The lowest BCUT2D eigenvalue weighted by molar-refractivity contribution is 0.104. The molecule has 0 unspecified atom stereocenters. The molecule has 0 aliphatic rings. The Kier molecular flexibility index (Phi) is 1.98. The number of thiophene rings is 1. The zero-order chi connectivity index (χ0) is 22.9. The van der Waals surface area contributed by atoms with Gasteiger partial charge < -0.3 is 0 Å². The number of fused-ring (bicyclic) bond motifs is 4. The largest absolute Gasteiger partial charge is 0.289 e. The molecule has 0 fully saturated rings. The predicted molar refractivity (Wildman–Crippen MR) is 107 cm³/mol.